The average Bonchev–Trinajstić information content (AvgIpc) is 2.28. The number of amides is 1. The van der Waals surface area contributed by atoms with Crippen LogP contribution in [0.3, 0.4) is 0 Å². The van der Waals surface area contributed by atoms with Crippen molar-refractivity contribution in [3.8, 4) is 0 Å². The van der Waals surface area contributed by atoms with E-state index >= 15 is 0 Å². The molecule has 0 saturated heterocycles. The van der Waals surface area contributed by atoms with Crippen molar-refractivity contribution in [2.75, 3.05) is 31.4 Å². The summed E-state index contributed by atoms with van der Waals surface area (Å²) in [7, 11) is 3.55. The molecule has 1 atom stereocenters. The summed E-state index contributed by atoms with van der Waals surface area (Å²) in [6.45, 7) is 2.59. The van der Waals surface area contributed by atoms with E-state index in [0.717, 1.165) is 5.69 Å². The largest absolute Gasteiger partial charge is 0.396 e. The van der Waals surface area contributed by atoms with Crippen molar-refractivity contribution in [2.24, 2.45) is 5.73 Å². The molecule has 94 valence electrons. The molecule has 1 aromatic carbocycles. The van der Waals surface area contributed by atoms with Gasteiger partial charge in [0.1, 0.15) is 0 Å². The van der Waals surface area contributed by atoms with Crippen LogP contribution in [0, 0.1) is 0 Å². The third kappa shape index (κ3) is 2.88. The van der Waals surface area contributed by atoms with E-state index in [9.17, 15) is 4.79 Å². The average molecular weight is 237 g/mol. The van der Waals surface area contributed by atoms with E-state index in [1.54, 1.807) is 19.2 Å². The van der Waals surface area contributed by atoms with E-state index in [1.807, 2.05) is 24.9 Å². The van der Waals surface area contributed by atoms with Crippen LogP contribution in [-0.4, -0.2) is 32.7 Å². The Labute approximate surface area is 101 Å². The number of nitrogens with zero attached hydrogens (tertiary/aromatic N) is 1. The fourth-order valence-electron chi connectivity index (χ4n) is 1.67. The van der Waals surface area contributed by atoms with Gasteiger partial charge in [0.05, 0.1) is 23.5 Å². The van der Waals surface area contributed by atoms with Crippen molar-refractivity contribution < 1.29 is 9.53 Å². The predicted octanol–water partition coefficient (Wildman–Crippen LogP) is 0.839. The number of carbonyl (C=O) groups is 1. The zero-order valence-corrected chi connectivity index (χ0v) is 10.4. The van der Waals surface area contributed by atoms with Crippen molar-refractivity contribution in [1.29, 1.82) is 0 Å². The van der Waals surface area contributed by atoms with Crippen LogP contribution in [0.15, 0.2) is 18.2 Å². The summed E-state index contributed by atoms with van der Waals surface area (Å²) >= 11 is 0. The molecule has 0 spiro atoms. The minimum Gasteiger partial charge on any atom is -0.396 e. The van der Waals surface area contributed by atoms with Crippen LogP contribution in [0.2, 0.25) is 0 Å². The molecule has 5 heteroatoms. The number of benzene rings is 1. The number of carbonyl (C=O) groups excluding carboxylic acids is 1. The van der Waals surface area contributed by atoms with Crippen LogP contribution < -0.4 is 16.4 Å². The number of hydrogen-bond donors (Lipinski definition) is 2. The highest BCUT2D eigenvalue weighted by molar-refractivity contribution is 6.00. The van der Waals surface area contributed by atoms with Gasteiger partial charge in [-0.2, -0.15) is 0 Å². The molecule has 0 aliphatic carbocycles. The Morgan fingerprint density at radius 1 is 1.53 bits per heavy atom. The fourth-order valence-corrected chi connectivity index (χ4v) is 1.67. The Morgan fingerprint density at radius 2 is 2.18 bits per heavy atom. The lowest BCUT2D eigenvalue weighted by molar-refractivity contribution is 0.100. The highest BCUT2D eigenvalue weighted by atomic mass is 16.5. The Hall–Kier alpha value is -1.75. The molecule has 1 aromatic rings. The summed E-state index contributed by atoms with van der Waals surface area (Å²) in [6, 6.07) is 5.40. The third-order valence-electron chi connectivity index (χ3n) is 2.80. The van der Waals surface area contributed by atoms with E-state index in [-0.39, 0.29) is 6.04 Å². The third-order valence-corrected chi connectivity index (χ3v) is 2.80. The van der Waals surface area contributed by atoms with Gasteiger partial charge in [-0.1, -0.05) is 6.07 Å². The molecule has 0 aliphatic rings. The minimum atomic E-state index is -0.517. The van der Waals surface area contributed by atoms with Crippen LogP contribution >= 0.6 is 0 Å². The van der Waals surface area contributed by atoms with Crippen LogP contribution in [0.25, 0.3) is 0 Å². The van der Waals surface area contributed by atoms with Gasteiger partial charge in [-0.3, -0.25) is 4.79 Å². The summed E-state index contributed by atoms with van der Waals surface area (Å²) in [5, 5.41) is 0. The number of nitrogens with two attached hydrogens (primary N) is 2. The second kappa shape index (κ2) is 5.54. The van der Waals surface area contributed by atoms with Gasteiger partial charge in [0.2, 0.25) is 0 Å². The quantitative estimate of drug-likeness (QED) is 0.743. The zero-order chi connectivity index (χ0) is 13.0. The highest BCUT2D eigenvalue weighted by Gasteiger charge is 2.16. The zero-order valence-electron chi connectivity index (χ0n) is 10.4. The first kappa shape index (κ1) is 13.3. The molecule has 0 bridgehead atoms. The van der Waals surface area contributed by atoms with E-state index in [2.05, 4.69) is 0 Å². The van der Waals surface area contributed by atoms with E-state index in [4.69, 9.17) is 16.2 Å². The molecule has 5 nitrogen and oxygen atoms in total. The summed E-state index contributed by atoms with van der Waals surface area (Å²) in [5.74, 6) is -0.517. The van der Waals surface area contributed by atoms with Crippen molar-refractivity contribution in [3.63, 3.8) is 0 Å². The van der Waals surface area contributed by atoms with Gasteiger partial charge in [0.25, 0.3) is 5.91 Å². The summed E-state index contributed by atoms with van der Waals surface area (Å²) < 4.78 is 5.09. The molecular formula is C12H19N3O2. The van der Waals surface area contributed by atoms with Gasteiger partial charge >= 0.3 is 0 Å². The second-order valence-electron chi connectivity index (χ2n) is 4.02. The second-order valence-corrected chi connectivity index (χ2v) is 4.02. The number of likely N-dealkylation sites (N-methyl/N-ethyl adjacent to an activating group) is 1. The number of methoxy groups -OCH3 is 1. The molecular weight excluding hydrogens is 218 g/mol. The number of hydrogen-bond acceptors (Lipinski definition) is 4. The standard InChI is InChI=1S/C12H19N3O2/c1-8(7-17-3)15(2)10-6-4-5-9(11(10)13)12(14)16/h4-6,8H,7,13H2,1-3H3,(H2,14,16). The normalized spacial score (nSPS) is 12.2. The lowest BCUT2D eigenvalue weighted by atomic mass is 10.1. The maximum Gasteiger partial charge on any atom is 0.250 e. The molecule has 1 rings (SSSR count). The van der Waals surface area contributed by atoms with Gasteiger partial charge in [0.15, 0.2) is 0 Å². The maximum atomic E-state index is 11.2. The Bertz CT molecular complexity index is 407. The predicted molar refractivity (Wildman–Crippen MR) is 69.1 cm³/mol. The van der Waals surface area contributed by atoms with Crippen molar-refractivity contribution in [2.45, 2.75) is 13.0 Å². The molecule has 0 fully saturated rings. The lowest BCUT2D eigenvalue weighted by Crippen LogP contribution is -2.33. The monoisotopic (exact) mass is 237 g/mol. The molecule has 0 saturated carbocycles. The first-order chi connectivity index (χ1) is 7.99. The van der Waals surface area contributed by atoms with Gasteiger partial charge in [0, 0.05) is 20.2 Å². The molecule has 0 aliphatic heterocycles. The van der Waals surface area contributed by atoms with Crippen LogP contribution in [0.5, 0.6) is 0 Å². The molecule has 4 N–H and O–H groups in total. The topological polar surface area (TPSA) is 81.6 Å². The Morgan fingerprint density at radius 3 is 2.71 bits per heavy atom. The van der Waals surface area contributed by atoms with Gasteiger partial charge in [-0.05, 0) is 19.1 Å². The Balaban J connectivity index is 3.06. The molecule has 17 heavy (non-hydrogen) atoms. The number of nitrogen functional groups attached to an aromatic ring is 1. The molecule has 0 heterocycles. The SMILES string of the molecule is COCC(C)N(C)c1cccc(C(N)=O)c1N. The first-order valence-electron chi connectivity index (χ1n) is 5.39. The van der Waals surface area contributed by atoms with E-state index in [1.165, 1.54) is 0 Å². The molecule has 0 radical (unpaired) electrons. The van der Waals surface area contributed by atoms with E-state index < -0.39 is 5.91 Å². The van der Waals surface area contributed by atoms with Crippen molar-refractivity contribution in [1.82, 2.24) is 0 Å². The van der Waals surface area contributed by atoms with Crippen LogP contribution in [0.1, 0.15) is 17.3 Å². The van der Waals surface area contributed by atoms with Crippen LogP contribution in [-0.2, 0) is 4.74 Å². The number of rotatable bonds is 5. The summed E-state index contributed by atoms with van der Waals surface area (Å²) in [6.07, 6.45) is 0. The number of ether oxygens (including phenoxy) is 1. The van der Waals surface area contributed by atoms with Crippen molar-refractivity contribution in [3.05, 3.63) is 23.8 Å². The molecule has 0 aromatic heterocycles. The highest BCUT2D eigenvalue weighted by Crippen LogP contribution is 2.26. The number of primary amides is 1. The summed E-state index contributed by atoms with van der Waals surface area (Å²) in [4.78, 5) is 13.2. The lowest BCUT2D eigenvalue weighted by Gasteiger charge is -2.28. The molecule has 1 unspecified atom stereocenters. The van der Waals surface area contributed by atoms with Crippen LogP contribution in [0.4, 0.5) is 11.4 Å². The smallest absolute Gasteiger partial charge is 0.250 e. The Kier molecular flexibility index (Phi) is 4.34. The van der Waals surface area contributed by atoms with Gasteiger partial charge < -0.3 is 21.1 Å². The number of anilines is 2. The van der Waals surface area contributed by atoms with Crippen molar-refractivity contribution >= 4 is 17.3 Å². The number of para-hydroxylation sites is 1. The fraction of sp³-hybridized carbons (Fsp3) is 0.417. The van der Waals surface area contributed by atoms with E-state index in [0.29, 0.717) is 17.9 Å². The van der Waals surface area contributed by atoms with Gasteiger partial charge in [-0.25, -0.2) is 0 Å². The first-order valence-corrected chi connectivity index (χ1v) is 5.39. The summed E-state index contributed by atoms with van der Waals surface area (Å²) in [5.41, 5.74) is 12.7. The maximum absolute atomic E-state index is 11.2. The van der Waals surface area contributed by atoms with Gasteiger partial charge in [-0.15, -0.1) is 0 Å². The molecule has 1 amide bonds. The minimum absolute atomic E-state index is 0.158.